The fourth-order valence-electron chi connectivity index (χ4n) is 5.81. The number of rotatable bonds is 9. The SMILES string of the molecule is C[C@H]1OC(OC2[C@@H](CO)OC(OC3[C@@H](CO)OC(O)[C@H](O)[C@H]3O)[C@H](O)[C@H]2O)[C@H](O)[C@@H](O)C1N[C@H]1C=C(CO)[C@@H](O)[C@H](O)[C@H]1O. The van der Waals surface area contributed by atoms with Gasteiger partial charge in [0.15, 0.2) is 18.9 Å². The summed E-state index contributed by atoms with van der Waals surface area (Å²) in [5.74, 6) is 0. The fraction of sp³-hybridized carbons (Fsp3) is 0.920. The molecule has 1 aliphatic carbocycles. The molecular formula is C25H43NO18. The lowest BCUT2D eigenvalue weighted by Gasteiger charge is -2.48. The number of nitrogens with one attached hydrogen (secondary N) is 1. The summed E-state index contributed by atoms with van der Waals surface area (Å²) in [5.41, 5.74) is 0.0225. The predicted octanol–water partition coefficient (Wildman–Crippen LogP) is -8.56. The van der Waals surface area contributed by atoms with Gasteiger partial charge in [-0.3, -0.25) is 0 Å². The van der Waals surface area contributed by atoms with E-state index < -0.39 is 136 Å². The second-order valence-corrected chi connectivity index (χ2v) is 11.4. The highest BCUT2D eigenvalue weighted by Crippen LogP contribution is 2.32. The van der Waals surface area contributed by atoms with Gasteiger partial charge in [-0.15, -0.1) is 0 Å². The Bertz CT molecular complexity index is 958. The van der Waals surface area contributed by atoms with Crippen LogP contribution in [0, 0.1) is 0 Å². The standard InChI is InChI=1S/C25H43NO18/c1-6-11(26-8-2-7(3-27)12(30)15(33)13(8)31)14(32)19(37)24(40-6)43-22-10(5-29)42-25(20(38)17(22)35)44-21-9(4-28)41-23(39)18(36)16(21)34/h2,6,8-39H,3-5H2,1H3/t6-,8+,9-,10-,11?,12-,13+,14+,15+,16-,17-,18-,19-,20-,21?,22?,23?,24?,25?/m1/s1. The van der Waals surface area contributed by atoms with Gasteiger partial charge in [-0.05, 0) is 12.5 Å². The highest BCUT2D eigenvalue weighted by atomic mass is 16.7. The van der Waals surface area contributed by atoms with Gasteiger partial charge in [0.2, 0.25) is 0 Å². The molecule has 19 nitrogen and oxygen atoms in total. The van der Waals surface area contributed by atoms with E-state index in [1.807, 2.05) is 0 Å². The van der Waals surface area contributed by atoms with Crippen LogP contribution >= 0.6 is 0 Å². The van der Waals surface area contributed by atoms with E-state index in [0.29, 0.717) is 0 Å². The summed E-state index contributed by atoms with van der Waals surface area (Å²) in [5, 5.41) is 136. The Hall–Kier alpha value is -1.02. The van der Waals surface area contributed by atoms with Crippen molar-refractivity contribution in [3.8, 4) is 0 Å². The molecule has 14 N–H and O–H groups in total. The summed E-state index contributed by atoms with van der Waals surface area (Å²) in [6.07, 6.45) is -26.6. The average Bonchev–Trinajstić information content (AvgIpc) is 3.00. The molecule has 3 aliphatic heterocycles. The number of ether oxygens (including phenoxy) is 5. The van der Waals surface area contributed by atoms with E-state index in [2.05, 4.69) is 5.32 Å². The van der Waals surface area contributed by atoms with Crippen LogP contribution in [0.5, 0.6) is 0 Å². The Labute approximate surface area is 250 Å². The Balaban J connectivity index is 1.42. The van der Waals surface area contributed by atoms with Crippen molar-refractivity contribution in [1.82, 2.24) is 5.32 Å². The lowest BCUT2D eigenvalue weighted by molar-refractivity contribution is -0.373. The van der Waals surface area contributed by atoms with Crippen LogP contribution in [0.15, 0.2) is 11.6 Å². The third-order valence-electron chi connectivity index (χ3n) is 8.48. The van der Waals surface area contributed by atoms with E-state index in [4.69, 9.17) is 23.7 Å². The van der Waals surface area contributed by atoms with Gasteiger partial charge in [-0.25, -0.2) is 0 Å². The van der Waals surface area contributed by atoms with Gasteiger partial charge >= 0.3 is 0 Å². The van der Waals surface area contributed by atoms with Crippen LogP contribution in [0.1, 0.15) is 6.92 Å². The summed E-state index contributed by atoms with van der Waals surface area (Å²) < 4.78 is 27.4. The van der Waals surface area contributed by atoms with Crippen molar-refractivity contribution in [3.63, 3.8) is 0 Å². The van der Waals surface area contributed by atoms with Crippen LogP contribution in [-0.4, -0.2) is 203 Å². The van der Waals surface area contributed by atoms with Gasteiger partial charge in [-0.2, -0.15) is 0 Å². The van der Waals surface area contributed by atoms with Gasteiger partial charge in [0.1, 0.15) is 79.4 Å². The zero-order valence-corrected chi connectivity index (χ0v) is 23.5. The van der Waals surface area contributed by atoms with Gasteiger partial charge in [0.05, 0.1) is 38.0 Å². The highest BCUT2D eigenvalue weighted by Gasteiger charge is 2.53. The molecule has 44 heavy (non-hydrogen) atoms. The minimum absolute atomic E-state index is 0.0225. The highest BCUT2D eigenvalue weighted by molar-refractivity contribution is 5.22. The van der Waals surface area contributed by atoms with Gasteiger partial charge in [0, 0.05) is 0 Å². The molecule has 256 valence electrons. The first-order valence-electron chi connectivity index (χ1n) is 14.1. The lowest BCUT2D eigenvalue weighted by atomic mass is 9.86. The summed E-state index contributed by atoms with van der Waals surface area (Å²) in [4.78, 5) is 0. The third kappa shape index (κ3) is 6.96. The maximum Gasteiger partial charge on any atom is 0.187 e. The zero-order chi connectivity index (χ0) is 32.6. The maximum atomic E-state index is 10.9. The molecule has 0 spiro atoms. The Kier molecular flexibility index (Phi) is 12.1. The largest absolute Gasteiger partial charge is 0.394 e. The molecule has 0 amide bonds. The van der Waals surface area contributed by atoms with Crippen LogP contribution in [0.2, 0.25) is 0 Å². The third-order valence-corrected chi connectivity index (χ3v) is 8.48. The van der Waals surface area contributed by atoms with Crippen molar-refractivity contribution in [2.24, 2.45) is 0 Å². The van der Waals surface area contributed by atoms with Crippen molar-refractivity contribution in [2.75, 3.05) is 19.8 Å². The molecule has 3 saturated heterocycles. The van der Waals surface area contributed by atoms with E-state index in [1.165, 1.54) is 13.0 Å². The minimum atomic E-state index is -1.93. The second-order valence-electron chi connectivity index (χ2n) is 11.4. The predicted molar refractivity (Wildman–Crippen MR) is 138 cm³/mol. The lowest BCUT2D eigenvalue weighted by Crippen LogP contribution is -2.68. The van der Waals surface area contributed by atoms with Crippen LogP contribution in [0.25, 0.3) is 0 Å². The topological polar surface area (TPSA) is 321 Å². The van der Waals surface area contributed by atoms with E-state index in [-0.39, 0.29) is 5.57 Å². The van der Waals surface area contributed by atoms with Crippen molar-refractivity contribution in [3.05, 3.63) is 11.6 Å². The van der Waals surface area contributed by atoms with Gasteiger partial charge in [0.25, 0.3) is 0 Å². The van der Waals surface area contributed by atoms with Gasteiger partial charge in [-0.1, -0.05) is 6.08 Å². The fourth-order valence-corrected chi connectivity index (χ4v) is 5.81. The van der Waals surface area contributed by atoms with E-state index in [9.17, 15) is 66.4 Å². The Morgan fingerprint density at radius 3 is 1.73 bits per heavy atom. The number of hydrogen-bond acceptors (Lipinski definition) is 19. The minimum Gasteiger partial charge on any atom is -0.394 e. The number of aliphatic hydroxyl groups is 13. The number of hydrogen-bond donors (Lipinski definition) is 14. The number of aliphatic hydroxyl groups excluding tert-OH is 13. The summed E-state index contributed by atoms with van der Waals surface area (Å²) in [7, 11) is 0. The molecule has 0 radical (unpaired) electrons. The van der Waals surface area contributed by atoms with E-state index in [1.54, 1.807) is 0 Å². The molecule has 6 unspecified atom stereocenters. The van der Waals surface area contributed by atoms with Crippen LogP contribution in [-0.2, 0) is 23.7 Å². The van der Waals surface area contributed by atoms with E-state index >= 15 is 0 Å². The van der Waals surface area contributed by atoms with E-state index in [0.717, 1.165) is 0 Å². The molecule has 19 atom stereocenters. The van der Waals surface area contributed by atoms with Crippen LogP contribution < -0.4 is 5.32 Å². The first-order chi connectivity index (χ1) is 20.7. The second kappa shape index (κ2) is 14.8. The van der Waals surface area contributed by atoms with Gasteiger partial charge < -0.3 is 95.4 Å². The molecule has 0 saturated carbocycles. The van der Waals surface area contributed by atoms with Crippen molar-refractivity contribution >= 4 is 0 Å². The molecule has 19 heteroatoms. The Morgan fingerprint density at radius 1 is 0.636 bits per heavy atom. The molecular weight excluding hydrogens is 602 g/mol. The maximum absolute atomic E-state index is 10.9. The first-order valence-corrected chi connectivity index (χ1v) is 14.1. The summed E-state index contributed by atoms with van der Waals surface area (Å²) in [6, 6.07) is -2.17. The monoisotopic (exact) mass is 645 g/mol. The zero-order valence-electron chi connectivity index (χ0n) is 23.5. The molecule has 3 fully saturated rings. The average molecular weight is 646 g/mol. The molecule has 3 heterocycles. The quantitative estimate of drug-likeness (QED) is 0.103. The summed E-state index contributed by atoms with van der Waals surface area (Å²) in [6.45, 7) is -0.753. The normalized spacial score (nSPS) is 52.0. The Morgan fingerprint density at radius 2 is 1.16 bits per heavy atom. The van der Waals surface area contributed by atoms with Crippen molar-refractivity contribution < 1.29 is 90.1 Å². The van der Waals surface area contributed by atoms with Crippen LogP contribution in [0.4, 0.5) is 0 Å². The first kappa shape index (κ1) is 35.8. The van der Waals surface area contributed by atoms with Crippen LogP contribution in [0.3, 0.4) is 0 Å². The molecule has 4 rings (SSSR count). The molecule has 0 aromatic heterocycles. The molecule has 0 bridgehead atoms. The van der Waals surface area contributed by atoms with Crippen molar-refractivity contribution in [1.29, 1.82) is 0 Å². The smallest absolute Gasteiger partial charge is 0.187 e. The summed E-state index contributed by atoms with van der Waals surface area (Å²) >= 11 is 0. The molecule has 0 aromatic rings. The molecule has 0 aromatic carbocycles. The molecule has 4 aliphatic rings. The van der Waals surface area contributed by atoms with Crippen molar-refractivity contribution in [2.45, 2.75) is 123 Å².